The number of nitrogens with one attached hydrogen (secondary N) is 1. The summed E-state index contributed by atoms with van der Waals surface area (Å²) in [6.07, 6.45) is 5.05. The highest BCUT2D eigenvalue weighted by molar-refractivity contribution is 5.77. The van der Waals surface area contributed by atoms with Crippen LogP contribution in [0.4, 0.5) is 0 Å². The zero-order chi connectivity index (χ0) is 21.7. The smallest absolute Gasteiger partial charge is 0.266 e. The molecule has 3 rings (SSSR count). The number of ether oxygens (including phenoxy) is 1. The third kappa shape index (κ3) is 4.56. The first-order valence-electron chi connectivity index (χ1n) is 10.5. The van der Waals surface area contributed by atoms with Crippen LogP contribution >= 0.6 is 0 Å². The first-order chi connectivity index (χ1) is 14.5. The van der Waals surface area contributed by atoms with Gasteiger partial charge in [-0.25, -0.2) is 0 Å². The second-order valence-corrected chi connectivity index (χ2v) is 7.89. The molecule has 1 N–H and O–H groups in total. The molecule has 1 amide bonds. The van der Waals surface area contributed by atoms with Crippen molar-refractivity contribution in [3.63, 3.8) is 0 Å². The Kier molecular flexibility index (Phi) is 6.94. The van der Waals surface area contributed by atoms with Gasteiger partial charge in [0.15, 0.2) is 0 Å². The number of aromatic nitrogens is 1. The van der Waals surface area contributed by atoms with Crippen molar-refractivity contribution in [2.24, 2.45) is 0 Å². The summed E-state index contributed by atoms with van der Waals surface area (Å²) in [5.41, 5.74) is 3.19. The van der Waals surface area contributed by atoms with Gasteiger partial charge in [0, 0.05) is 18.7 Å². The number of pyridine rings is 1. The fraction of sp³-hybridized carbons (Fsp3) is 0.458. The maximum absolute atomic E-state index is 13.2. The number of H-pyrrole nitrogens is 1. The minimum Gasteiger partial charge on any atom is -0.497 e. The summed E-state index contributed by atoms with van der Waals surface area (Å²) < 4.78 is 5.26. The highest BCUT2D eigenvalue weighted by Gasteiger charge is 2.27. The standard InChI is InChI=1S/C24H29N3O3/c1-16-20(17(2)26-24(29)21(16)15-25)12-13-23(28)27-14-6-4-5-7-22(27)18-8-10-19(30-3)11-9-18/h8-11,22H,4-7,12-14H2,1-3H3,(H,26,29)/t22-/m0/s1. The molecule has 1 saturated heterocycles. The van der Waals surface area contributed by atoms with Crippen molar-refractivity contribution in [2.75, 3.05) is 13.7 Å². The minimum atomic E-state index is -0.366. The molecule has 0 bridgehead atoms. The summed E-state index contributed by atoms with van der Waals surface area (Å²) in [6.45, 7) is 4.36. The zero-order valence-electron chi connectivity index (χ0n) is 18.0. The molecular weight excluding hydrogens is 378 g/mol. The lowest BCUT2D eigenvalue weighted by Crippen LogP contribution is -2.35. The highest BCUT2D eigenvalue weighted by Crippen LogP contribution is 2.32. The average molecular weight is 408 g/mol. The molecule has 2 heterocycles. The Morgan fingerprint density at radius 1 is 1.23 bits per heavy atom. The van der Waals surface area contributed by atoms with Crippen molar-refractivity contribution < 1.29 is 9.53 Å². The van der Waals surface area contributed by atoms with Crippen LogP contribution in [0.5, 0.6) is 5.75 Å². The topological polar surface area (TPSA) is 86.2 Å². The predicted molar refractivity (Wildman–Crippen MR) is 115 cm³/mol. The van der Waals surface area contributed by atoms with E-state index in [1.54, 1.807) is 14.0 Å². The molecule has 158 valence electrons. The van der Waals surface area contributed by atoms with E-state index in [0.29, 0.717) is 18.4 Å². The van der Waals surface area contributed by atoms with Gasteiger partial charge in [-0.3, -0.25) is 9.59 Å². The van der Waals surface area contributed by atoms with Crippen LogP contribution in [0.2, 0.25) is 0 Å². The molecule has 0 spiro atoms. The number of nitrogens with zero attached hydrogens (tertiary/aromatic N) is 2. The number of carbonyl (C=O) groups is 1. The zero-order valence-corrected chi connectivity index (χ0v) is 18.0. The van der Waals surface area contributed by atoms with E-state index >= 15 is 0 Å². The monoisotopic (exact) mass is 407 g/mol. The second kappa shape index (κ2) is 9.62. The lowest BCUT2D eigenvalue weighted by Gasteiger charge is -2.31. The van der Waals surface area contributed by atoms with Gasteiger partial charge in [-0.15, -0.1) is 0 Å². The summed E-state index contributed by atoms with van der Waals surface area (Å²) in [4.78, 5) is 29.9. The van der Waals surface area contributed by atoms with Gasteiger partial charge in [0.2, 0.25) is 5.91 Å². The normalized spacial score (nSPS) is 16.6. The third-order valence-electron chi connectivity index (χ3n) is 6.08. The van der Waals surface area contributed by atoms with Crippen LogP contribution in [0.3, 0.4) is 0 Å². The van der Waals surface area contributed by atoms with Crippen LogP contribution in [-0.4, -0.2) is 29.4 Å². The Morgan fingerprint density at radius 2 is 1.97 bits per heavy atom. The van der Waals surface area contributed by atoms with E-state index in [1.165, 1.54) is 0 Å². The quantitative estimate of drug-likeness (QED) is 0.813. The maximum atomic E-state index is 13.2. The van der Waals surface area contributed by atoms with Crippen molar-refractivity contribution in [3.8, 4) is 11.8 Å². The van der Waals surface area contributed by atoms with E-state index in [2.05, 4.69) is 4.98 Å². The van der Waals surface area contributed by atoms with Crippen molar-refractivity contribution >= 4 is 5.91 Å². The van der Waals surface area contributed by atoms with Gasteiger partial charge in [-0.1, -0.05) is 25.0 Å². The van der Waals surface area contributed by atoms with Crippen molar-refractivity contribution in [1.29, 1.82) is 5.26 Å². The molecule has 6 nitrogen and oxygen atoms in total. The molecular formula is C24H29N3O3. The largest absolute Gasteiger partial charge is 0.497 e. The number of carbonyl (C=O) groups excluding carboxylic acids is 1. The van der Waals surface area contributed by atoms with E-state index in [0.717, 1.165) is 54.8 Å². The number of aromatic amines is 1. The summed E-state index contributed by atoms with van der Waals surface area (Å²) in [7, 11) is 1.65. The Hall–Kier alpha value is -3.07. The molecule has 2 aromatic rings. The Labute approximate surface area is 177 Å². The summed E-state index contributed by atoms with van der Waals surface area (Å²) >= 11 is 0. The minimum absolute atomic E-state index is 0.0679. The number of rotatable bonds is 5. The number of hydrogen-bond donors (Lipinski definition) is 1. The first-order valence-corrected chi connectivity index (χ1v) is 10.5. The van der Waals surface area contributed by atoms with Crippen LogP contribution in [0, 0.1) is 25.2 Å². The van der Waals surface area contributed by atoms with Crippen molar-refractivity contribution in [1.82, 2.24) is 9.88 Å². The number of amides is 1. The first kappa shape index (κ1) is 21.6. The Bertz CT molecular complexity index is 1000. The van der Waals surface area contributed by atoms with Gasteiger partial charge in [0.05, 0.1) is 13.2 Å². The number of hydrogen-bond acceptors (Lipinski definition) is 4. The van der Waals surface area contributed by atoms with Crippen LogP contribution < -0.4 is 10.3 Å². The fourth-order valence-corrected chi connectivity index (χ4v) is 4.38. The SMILES string of the molecule is COc1ccc([C@@H]2CCCCCN2C(=O)CCc2c(C)[nH]c(=O)c(C#N)c2C)cc1. The van der Waals surface area contributed by atoms with E-state index in [1.807, 2.05) is 42.2 Å². The third-order valence-corrected chi connectivity index (χ3v) is 6.08. The molecule has 1 aliphatic heterocycles. The molecule has 1 atom stereocenters. The van der Waals surface area contributed by atoms with Gasteiger partial charge in [-0.2, -0.15) is 5.26 Å². The lowest BCUT2D eigenvalue weighted by atomic mass is 9.97. The van der Waals surface area contributed by atoms with Gasteiger partial charge in [0.1, 0.15) is 17.4 Å². The van der Waals surface area contributed by atoms with Crippen LogP contribution in [0.15, 0.2) is 29.1 Å². The van der Waals surface area contributed by atoms with Gasteiger partial charge in [0.25, 0.3) is 5.56 Å². The molecule has 6 heteroatoms. The lowest BCUT2D eigenvalue weighted by molar-refractivity contribution is -0.133. The van der Waals surface area contributed by atoms with E-state index < -0.39 is 0 Å². The summed E-state index contributed by atoms with van der Waals surface area (Å²) in [5, 5.41) is 9.27. The van der Waals surface area contributed by atoms with Gasteiger partial charge in [-0.05, 0) is 61.9 Å². The van der Waals surface area contributed by atoms with Crippen LogP contribution in [0.25, 0.3) is 0 Å². The molecule has 1 fully saturated rings. The molecule has 30 heavy (non-hydrogen) atoms. The summed E-state index contributed by atoms with van der Waals surface area (Å²) in [5.74, 6) is 0.920. The molecule has 0 saturated carbocycles. The van der Waals surface area contributed by atoms with Crippen LogP contribution in [-0.2, 0) is 11.2 Å². The number of benzene rings is 1. The van der Waals surface area contributed by atoms with Gasteiger partial charge >= 0.3 is 0 Å². The Morgan fingerprint density at radius 3 is 2.63 bits per heavy atom. The molecule has 0 aliphatic carbocycles. The number of aryl methyl sites for hydroxylation is 1. The van der Waals surface area contributed by atoms with E-state index in [4.69, 9.17) is 4.74 Å². The Balaban J connectivity index is 1.80. The van der Waals surface area contributed by atoms with Gasteiger partial charge < -0.3 is 14.6 Å². The van der Waals surface area contributed by atoms with Crippen molar-refractivity contribution in [2.45, 2.75) is 58.4 Å². The number of likely N-dealkylation sites (tertiary alicyclic amines) is 1. The fourth-order valence-electron chi connectivity index (χ4n) is 4.38. The average Bonchev–Trinajstić information content (AvgIpc) is 2.99. The van der Waals surface area contributed by atoms with Crippen LogP contribution in [0.1, 0.15) is 66.1 Å². The molecule has 1 aromatic carbocycles. The molecule has 1 aromatic heterocycles. The molecule has 0 radical (unpaired) electrons. The van der Waals surface area contributed by atoms with E-state index in [-0.39, 0.29) is 23.1 Å². The van der Waals surface area contributed by atoms with Crippen molar-refractivity contribution in [3.05, 3.63) is 62.6 Å². The summed E-state index contributed by atoms with van der Waals surface area (Å²) in [6, 6.07) is 10.0. The maximum Gasteiger partial charge on any atom is 0.266 e. The predicted octanol–water partition coefficient (Wildman–Crippen LogP) is 3.95. The van der Waals surface area contributed by atoms with E-state index in [9.17, 15) is 14.9 Å². The molecule has 0 unspecified atom stereocenters. The number of nitriles is 1. The second-order valence-electron chi connectivity index (χ2n) is 7.89. The number of methoxy groups -OCH3 is 1. The molecule has 1 aliphatic rings. The highest BCUT2D eigenvalue weighted by atomic mass is 16.5.